The van der Waals surface area contributed by atoms with Crippen molar-refractivity contribution in [3.63, 3.8) is 0 Å². The average molecular weight is 267 g/mol. The normalized spacial score (nSPS) is 12.7. The van der Waals surface area contributed by atoms with Crippen LogP contribution < -0.4 is 5.32 Å². The first kappa shape index (κ1) is 14.8. The number of rotatable bonds is 5. The van der Waals surface area contributed by atoms with Gasteiger partial charge in [0, 0.05) is 12.6 Å². The summed E-state index contributed by atoms with van der Waals surface area (Å²) in [5.74, 6) is 0.597. The summed E-state index contributed by atoms with van der Waals surface area (Å²) in [6, 6.07) is 18.0. The van der Waals surface area contributed by atoms with Crippen molar-refractivity contribution in [1.29, 1.82) is 0 Å². The van der Waals surface area contributed by atoms with Crippen molar-refractivity contribution in [2.24, 2.45) is 0 Å². The predicted molar refractivity (Wildman–Crippen MR) is 87.0 cm³/mol. The molecule has 106 valence electrons. The molecule has 2 aromatic carbocycles. The van der Waals surface area contributed by atoms with E-state index in [4.69, 9.17) is 0 Å². The molecule has 0 radical (unpaired) electrons. The Balaban J connectivity index is 1.94. The number of aryl methyl sites for hydroxylation is 1. The minimum atomic E-state index is 0.373. The maximum atomic E-state index is 3.58. The van der Waals surface area contributed by atoms with Gasteiger partial charge in [0.25, 0.3) is 0 Å². The molecule has 0 heterocycles. The van der Waals surface area contributed by atoms with Crippen LogP contribution in [0.25, 0.3) is 0 Å². The summed E-state index contributed by atoms with van der Waals surface area (Å²) in [5.41, 5.74) is 5.40. The molecule has 20 heavy (non-hydrogen) atoms. The Kier molecular flexibility index (Phi) is 4.97. The molecule has 1 nitrogen and oxygen atoms in total. The van der Waals surface area contributed by atoms with E-state index < -0.39 is 0 Å². The Hall–Kier alpha value is -1.60. The molecule has 1 atom stereocenters. The summed E-state index contributed by atoms with van der Waals surface area (Å²) in [7, 11) is 0. The second kappa shape index (κ2) is 6.71. The first-order valence-electron chi connectivity index (χ1n) is 7.45. The van der Waals surface area contributed by atoms with Gasteiger partial charge in [0.1, 0.15) is 0 Å². The Labute approximate surface area is 123 Å². The van der Waals surface area contributed by atoms with Crippen LogP contribution in [0.3, 0.4) is 0 Å². The Morgan fingerprint density at radius 1 is 0.800 bits per heavy atom. The lowest BCUT2D eigenvalue weighted by molar-refractivity contribution is 0.574. The van der Waals surface area contributed by atoms with E-state index in [0.29, 0.717) is 12.0 Å². The van der Waals surface area contributed by atoms with Gasteiger partial charge in [-0.3, -0.25) is 0 Å². The lowest BCUT2D eigenvalue weighted by Gasteiger charge is -2.15. The van der Waals surface area contributed by atoms with Crippen LogP contribution in [0.15, 0.2) is 48.5 Å². The Morgan fingerprint density at radius 2 is 1.35 bits per heavy atom. The molecule has 0 amide bonds. The van der Waals surface area contributed by atoms with Gasteiger partial charge >= 0.3 is 0 Å². The molecule has 0 aliphatic rings. The fourth-order valence-corrected chi connectivity index (χ4v) is 2.26. The fraction of sp³-hybridized carbons (Fsp3) is 0.368. The van der Waals surface area contributed by atoms with Gasteiger partial charge in [0.2, 0.25) is 0 Å². The number of nitrogens with one attached hydrogen (secondary N) is 1. The van der Waals surface area contributed by atoms with E-state index in [1.54, 1.807) is 0 Å². The molecule has 0 aliphatic heterocycles. The predicted octanol–water partition coefficient (Wildman–Crippen LogP) is 4.97. The summed E-state index contributed by atoms with van der Waals surface area (Å²) < 4.78 is 0. The lowest BCUT2D eigenvalue weighted by Crippen LogP contribution is -2.18. The second-order valence-corrected chi connectivity index (χ2v) is 5.91. The first-order valence-corrected chi connectivity index (χ1v) is 7.45. The van der Waals surface area contributed by atoms with Crippen molar-refractivity contribution in [1.82, 2.24) is 5.32 Å². The number of hydrogen-bond donors (Lipinski definition) is 1. The molecule has 1 heteroatoms. The average Bonchev–Trinajstić information content (AvgIpc) is 2.46. The standard InChI is InChI=1S/C19H25N/c1-14(2)18-9-11-19(12-10-18)16(4)20-13-17-7-5-15(3)6-8-17/h5-12,14,16,20H,13H2,1-4H3. The zero-order valence-electron chi connectivity index (χ0n) is 13.0. The lowest BCUT2D eigenvalue weighted by atomic mass is 9.99. The van der Waals surface area contributed by atoms with Gasteiger partial charge in [-0.05, 0) is 36.5 Å². The van der Waals surface area contributed by atoms with E-state index in [2.05, 4.69) is 81.5 Å². The van der Waals surface area contributed by atoms with Crippen molar-refractivity contribution >= 4 is 0 Å². The van der Waals surface area contributed by atoms with Crippen molar-refractivity contribution in [3.8, 4) is 0 Å². The van der Waals surface area contributed by atoms with E-state index in [0.717, 1.165) is 6.54 Å². The van der Waals surface area contributed by atoms with Gasteiger partial charge in [0.05, 0.1) is 0 Å². The summed E-state index contributed by atoms with van der Waals surface area (Å²) in [6.07, 6.45) is 0. The molecule has 2 aromatic rings. The summed E-state index contributed by atoms with van der Waals surface area (Å²) >= 11 is 0. The minimum Gasteiger partial charge on any atom is -0.306 e. The highest BCUT2D eigenvalue weighted by molar-refractivity contribution is 5.27. The van der Waals surface area contributed by atoms with Gasteiger partial charge in [-0.25, -0.2) is 0 Å². The third kappa shape index (κ3) is 3.94. The molecule has 0 bridgehead atoms. The van der Waals surface area contributed by atoms with Crippen LogP contribution >= 0.6 is 0 Å². The SMILES string of the molecule is Cc1ccc(CNC(C)c2ccc(C(C)C)cc2)cc1. The van der Waals surface area contributed by atoms with E-state index in [1.807, 2.05) is 0 Å². The van der Waals surface area contributed by atoms with Crippen molar-refractivity contribution in [3.05, 3.63) is 70.8 Å². The highest BCUT2D eigenvalue weighted by Gasteiger charge is 2.06. The molecule has 0 spiro atoms. The maximum Gasteiger partial charge on any atom is 0.0294 e. The largest absolute Gasteiger partial charge is 0.306 e. The molecule has 1 N–H and O–H groups in total. The smallest absolute Gasteiger partial charge is 0.0294 e. The molecular formula is C19H25N. The van der Waals surface area contributed by atoms with E-state index in [-0.39, 0.29) is 0 Å². The topological polar surface area (TPSA) is 12.0 Å². The zero-order chi connectivity index (χ0) is 14.5. The Morgan fingerprint density at radius 3 is 1.90 bits per heavy atom. The van der Waals surface area contributed by atoms with Crippen LogP contribution in [0.1, 0.15) is 55.0 Å². The zero-order valence-corrected chi connectivity index (χ0v) is 13.0. The summed E-state index contributed by atoms with van der Waals surface area (Å²) in [6.45, 7) is 9.71. The second-order valence-electron chi connectivity index (χ2n) is 5.91. The van der Waals surface area contributed by atoms with Gasteiger partial charge in [-0.15, -0.1) is 0 Å². The molecular weight excluding hydrogens is 242 g/mol. The molecule has 1 unspecified atom stereocenters. The van der Waals surface area contributed by atoms with Crippen LogP contribution in [-0.2, 0) is 6.54 Å². The molecule has 2 rings (SSSR count). The van der Waals surface area contributed by atoms with E-state index in [9.17, 15) is 0 Å². The van der Waals surface area contributed by atoms with Crippen molar-refractivity contribution in [2.75, 3.05) is 0 Å². The van der Waals surface area contributed by atoms with Gasteiger partial charge in [-0.1, -0.05) is 67.9 Å². The van der Waals surface area contributed by atoms with Crippen LogP contribution in [0.5, 0.6) is 0 Å². The molecule has 0 saturated heterocycles. The van der Waals surface area contributed by atoms with Crippen molar-refractivity contribution in [2.45, 2.75) is 46.2 Å². The van der Waals surface area contributed by atoms with Gasteiger partial charge in [-0.2, -0.15) is 0 Å². The third-order valence-corrected chi connectivity index (χ3v) is 3.84. The van der Waals surface area contributed by atoms with Crippen molar-refractivity contribution < 1.29 is 0 Å². The maximum absolute atomic E-state index is 3.58. The minimum absolute atomic E-state index is 0.373. The Bertz CT molecular complexity index is 523. The van der Waals surface area contributed by atoms with Crippen LogP contribution in [-0.4, -0.2) is 0 Å². The van der Waals surface area contributed by atoms with E-state index >= 15 is 0 Å². The molecule has 0 fully saturated rings. The number of hydrogen-bond acceptors (Lipinski definition) is 1. The van der Waals surface area contributed by atoms with Crippen LogP contribution in [0, 0.1) is 6.92 Å². The van der Waals surface area contributed by atoms with Crippen LogP contribution in [0.4, 0.5) is 0 Å². The van der Waals surface area contributed by atoms with Gasteiger partial charge < -0.3 is 5.32 Å². The van der Waals surface area contributed by atoms with E-state index in [1.165, 1.54) is 22.3 Å². The molecule has 0 saturated carbocycles. The quantitative estimate of drug-likeness (QED) is 0.806. The molecule has 0 aromatic heterocycles. The molecule has 0 aliphatic carbocycles. The third-order valence-electron chi connectivity index (χ3n) is 3.84. The summed E-state index contributed by atoms with van der Waals surface area (Å²) in [4.78, 5) is 0. The highest BCUT2D eigenvalue weighted by Crippen LogP contribution is 2.18. The summed E-state index contributed by atoms with van der Waals surface area (Å²) in [5, 5.41) is 3.58. The highest BCUT2D eigenvalue weighted by atomic mass is 14.9. The monoisotopic (exact) mass is 267 g/mol. The van der Waals surface area contributed by atoms with Crippen LogP contribution in [0.2, 0.25) is 0 Å². The number of benzene rings is 2. The first-order chi connectivity index (χ1) is 9.56. The fourth-order valence-electron chi connectivity index (χ4n) is 2.26. The van der Waals surface area contributed by atoms with Gasteiger partial charge in [0.15, 0.2) is 0 Å².